The van der Waals surface area contributed by atoms with Gasteiger partial charge >= 0.3 is 0 Å². The number of aliphatic hydroxyl groups excluding tert-OH is 1. The molecule has 2 aromatic carbocycles. The van der Waals surface area contributed by atoms with Gasteiger partial charge in [0.15, 0.2) is 6.29 Å². The van der Waals surface area contributed by atoms with Crippen LogP contribution < -0.4 is 10.6 Å². The molecule has 1 aliphatic rings. The van der Waals surface area contributed by atoms with E-state index in [1.165, 1.54) is 84.0 Å². The van der Waals surface area contributed by atoms with Gasteiger partial charge in [-0.1, -0.05) is 140 Å². The van der Waals surface area contributed by atoms with Gasteiger partial charge in [-0.15, -0.1) is 0 Å². The van der Waals surface area contributed by atoms with Gasteiger partial charge in [0.2, 0.25) is 11.8 Å². The molecule has 292 valence electrons. The molecule has 0 unspecified atom stereocenters. The average molecular weight is 722 g/mol. The Labute approximate surface area is 315 Å². The van der Waals surface area contributed by atoms with Crippen LogP contribution in [0.1, 0.15) is 165 Å². The Balaban J connectivity index is 1.66. The molecular formula is C44H71N3O5. The summed E-state index contributed by atoms with van der Waals surface area (Å²) in [6.45, 7) is 12.6. The van der Waals surface area contributed by atoms with Crippen LogP contribution in [0.2, 0.25) is 0 Å². The van der Waals surface area contributed by atoms with Crippen LogP contribution >= 0.6 is 0 Å². The number of nitrogens with zero attached hydrogens (tertiary/aromatic N) is 1. The van der Waals surface area contributed by atoms with Crippen LogP contribution in [0.3, 0.4) is 0 Å². The summed E-state index contributed by atoms with van der Waals surface area (Å²) >= 11 is 0. The lowest BCUT2D eigenvalue weighted by Crippen LogP contribution is -2.45. The van der Waals surface area contributed by atoms with E-state index >= 15 is 0 Å². The van der Waals surface area contributed by atoms with Crippen molar-refractivity contribution in [2.75, 3.05) is 26.2 Å². The molecule has 0 aromatic heterocycles. The number of nitrogens with one attached hydrogen (secondary N) is 2. The van der Waals surface area contributed by atoms with Gasteiger partial charge in [-0.3, -0.25) is 9.59 Å². The molecule has 1 fully saturated rings. The zero-order valence-corrected chi connectivity index (χ0v) is 33.0. The molecule has 0 saturated carbocycles. The molecule has 1 aliphatic heterocycles. The SMILES string of the molecule is CCCCCCCCN(CCCCCCCC)C[C@H]1O[C@@H](c2ccc(CNC(=O)CCCCCNC(C)=O)cc2)O[C@@H](c2ccc(CO)cc2)[C@H]1C. The van der Waals surface area contributed by atoms with Crippen molar-refractivity contribution in [3.05, 3.63) is 70.8 Å². The monoisotopic (exact) mass is 722 g/mol. The first-order valence-electron chi connectivity index (χ1n) is 20.7. The number of hydrogen-bond donors (Lipinski definition) is 3. The predicted molar refractivity (Wildman–Crippen MR) is 212 cm³/mol. The number of unbranched alkanes of at least 4 members (excludes halogenated alkanes) is 12. The number of carbonyl (C=O) groups is 2. The van der Waals surface area contributed by atoms with Crippen molar-refractivity contribution in [3.63, 3.8) is 0 Å². The van der Waals surface area contributed by atoms with Crippen LogP contribution in [-0.2, 0) is 32.2 Å². The number of ether oxygens (including phenoxy) is 2. The fourth-order valence-electron chi connectivity index (χ4n) is 7.04. The van der Waals surface area contributed by atoms with Gasteiger partial charge in [0.25, 0.3) is 0 Å². The van der Waals surface area contributed by atoms with E-state index in [4.69, 9.17) is 9.47 Å². The highest BCUT2D eigenvalue weighted by atomic mass is 16.7. The number of benzene rings is 2. The molecule has 0 aliphatic carbocycles. The summed E-state index contributed by atoms with van der Waals surface area (Å²) in [6.07, 6.45) is 18.0. The molecule has 3 N–H and O–H groups in total. The predicted octanol–water partition coefficient (Wildman–Crippen LogP) is 9.31. The normalized spacial score (nSPS) is 18.8. The van der Waals surface area contributed by atoms with E-state index in [1.54, 1.807) is 0 Å². The summed E-state index contributed by atoms with van der Waals surface area (Å²) in [7, 11) is 0. The number of amides is 2. The van der Waals surface area contributed by atoms with E-state index in [0.29, 0.717) is 19.5 Å². The molecule has 2 aromatic rings. The van der Waals surface area contributed by atoms with E-state index in [2.05, 4.69) is 72.7 Å². The number of carbonyl (C=O) groups excluding carboxylic acids is 2. The Morgan fingerprint density at radius 1 is 0.692 bits per heavy atom. The van der Waals surface area contributed by atoms with Gasteiger partial charge < -0.3 is 30.1 Å². The average Bonchev–Trinajstić information content (AvgIpc) is 3.15. The lowest BCUT2D eigenvalue weighted by atomic mass is 9.90. The molecule has 0 spiro atoms. The van der Waals surface area contributed by atoms with Crippen LogP contribution in [0.15, 0.2) is 48.5 Å². The summed E-state index contributed by atoms with van der Waals surface area (Å²) in [5, 5.41) is 15.5. The maximum Gasteiger partial charge on any atom is 0.220 e. The Hall–Kier alpha value is -2.78. The van der Waals surface area contributed by atoms with Gasteiger partial charge in [0.1, 0.15) is 0 Å². The molecule has 4 atom stereocenters. The Bertz CT molecular complexity index is 1220. The van der Waals surface area contributed by atoms with Crippen molar-refractivity contribution in [3.8, 4) is 0 Å². The van der Waals surface area contributed by atoms with Gasteiger partial charge in [-0.05, 0) is 55.5 Å². The van der Waals surface area contributed by atoms with Crippen LogP contribution in [0.4, 0.5) is 0 Å². The second kappa shape index (κ2) is 26.1. The van der Waals surface area contributed by atoms with Crippen LogP contribution in [-0.4, -0.2) is 54.1 Å². The summed E-state index contributed by atoms with van der Waals surface area (Å²) in [6, 6.07) is 16.4. The first-order valence-corrected chi connectivity index (χ1v) is 20.7. The molecule has 0 radical (unpaired) electrons. The highest BCUT2D eigenvalue weighted by Gasteiger charge is 2.39. The highest BCUT2D eigenvalue weighted by Crippen LogP contribution is 2.42. The van der Waals surface area contributed by atoms with Crippen molar-refractivity contribution >= 4 is 11.8 Å². The van der Waals surface area contributed by atoms with Crippen LogP contribution in [0, 0.1) is 5.92 Å². The maximum absolute atomic E-state index is 12.4. The van der Waals surface area contributed by atoms with Crippen LogP contribution in [0.5, 0.6) is 0 Å². The zero-order chi connectivity index (χ0) is 37.4. The third-order valence-corrected chi connectivity index (χ3v) is 10.4. The quantitative estimate of drug-likeness (QED) is 0.0796. The summed E-state index contributed by atoms with van der Waals surface area (Å²) in [4.78, 5) is 26.1. The second-order valence-corrected chi connectivity index (χ2v) is 15.0. The van der Waals surface area contributed by atoms with Gasteiger partial charge in [-0.2, -0.15) is 0 Å². The van der Waals surface area contributed by atoms with Crippen molar-refractivity contribution < 1.29 is 24.2 Å². The molecule has 3 rings (SSSR count). The molecule has 52 heavy (non-hydrogen) atoms. The second-order valence-electron chi connectivity index (χ2n) is 15.0. The van der Waals surface area contributed by atoms with E-state index in [-0.39, 0.29) is 36.5 Å². The maximum atomic E-state index is 12.4. The minimum Gasteiger partial charge on any atom is -0.392 e. The summed E-state index contributed by atoms with van der Waals surface area (Å²) < 4.78 is 13.6. The Kier molecular flexibility index (Phi) is 21.9. The number of aliphatic hydroxyl groups is 1. The third-order valence-electron chi connectivity index (χ3n) is 10.4. The number of hydrogen-bond acceptors (Lipinski definition) is 6. The van der Waals surface area contributed by atoms with Crippen molar-refractivity contribution in [2.45, 2.75) is 162 Å². The van der Waals surface area contributed by atoms with Crippen molar-refractivity contribution in [1.29, 1.82) is 0 Å². The number of rotatable bonds is 27. The fourth-order valence-corrected chi connectivity index (χ4v) is 7.04. The van der Waals surface area contributed by atoms with Crippen molar-refractivity contribution in [1.82, 2.24) is 15.5 Å². The summed E-state index contributed by atoms with van der Waals surface area (Å²) in [5.41, 5.74) is 4.01. The largest absolute Gasteiger partial charge is 0.392 e. The first kappa shape index (κ1) is 43.6. The van der Waals surface area contributed by atoms with E-state index in [1.807, 2.05) is 12.1 Å². The van der Waals surface area contributed by atoms with E-state index in [0.717, 1.165) is 61.2 Å². The zero-order valence-electron chi connectivity index (χ0n) is 33.0. The molecule has 2 amide bonds. The standard InChI is InChI=1S/C44H71N3O5/c1-5-7-9-11-13-18-30-47(31-19-14-12-10-8-6-2)33-41-35(3)43(39-25-23-38(34-48)24-26-39)52-44(51-41)40-27-21-37(22-28-40)32-46-42(50)20-16-15-17-29-45-36(4)49/h21-28,35,41,43-44,48H,5-20,29-34H2,1-4H3,(H,45,49)(H,46,50)/t35-,41+,43+,44+/m0/s1. The molecule has 8 heteroatoms. The molecule has 1 saturated heterocycles. The minimum atomic E-state index is -0.505. The molecular weight excluding hydrogens is 651 g/mol. The topological polar surface area (TPSA) is 100 Å². The Morgan fingerprint density at radius 3 is 1.85 bits per heavy atom. The lowest BCUT2D eigenvalue weighted by Gasteiger charge is -2.43. The van der Waals surface area contributed by atoms with Gasteiger partial charge in [0, 0.05) is 44.5 Å². The minimum absolute atomic E-state index is 0.00124. The smallest absolute Gasteiger partial charge is 0.220 e. The van der Waals surface area contributed by atoms with Gasteiger partial charge in [-0.25, -0.2) is 0 Å². The lowest BCUT2D eigenvalue weighted by molar-refractivity contribution is -0.276. The van der Waals surface area contributed by atoms with E-state index in [9.17, 15) is 14.7 Å². The Morgan fingerprint density at radius 2 is 1.25 bits per heavy atom. The first-order chi connectivity index (χ1) is 25.3. The third kappa shape index (κ3) is 16.9. The molecule has 1 heterocycles. The van der Waals surface area contributed by atoms with Crippen LogP contribution in [0.25, 0.3) is 0 Å². The molecule has 0 bridgehead atoms. The molecule has 8 nitrogen and oxygen atoms in total. The highest BCUT2D eigenvalue weighted by molar-refractivity contribution is 5.75. The fraction of sp³-hybridized carbons (Fsp3) is 0.682. The summed E-state index contributed by atoms with van der Waals surface area (Å²) in [5.74, 6) is 0.172. The van der Waals surface area contributed by atoms with Crippen molar-refractivity contribution in [2.24, 2.45) is 5.92 Å². The van der Waals surface area contributed by atoms with Gasteiger partial charge in [0.05, 0.1) is 18.8 Å². The van der Waals surface area contributed by atoms with E-state index < -0.39 is 6.29 Å².